The summed E-state index contributed by atoms with van der Waals surface area (Å²) in [5.41, 5.74) is 4.77. The summed E-state index contributed by atoms with van der Waals surface area (Å²) in [6.07, 6.45) is -0.572. The summed E-state index contributed by atoms with van der Waals surface area (Å²) in [4.78, 5) is 0. The molecule has 5 heteroatoms. The van der Waals surface area contributed by atoms with Gasteiger partial charge in [0.25, 0.3) is 0 Å². The molecule has 0 aliphatic heterocycles. The molecule has 0 fully saturated rings. The summed E-state index contributed by atoms with van der Waals surface area (Å²) in [5, 5.41) is 24.1. The van der Waals surface area contributed by atoms with Crippen molar-refractivity contribution in [2.45, 2.75) is 20.1 Å². The smallest absolute Gasteiger partial charge is 0.122 e. The van der Waals surface area contributed by atoms with Crippen molar-refractivity contribution in [2.24, 2.45) is 10.2 Å². The first-order valence-corrected chi connectivity index (χ1v) is 7.27. The maximum atomic E-state index is 9.54. The second-order valence-corrected chi connectivity index (χ2v) is 5.17. The van der Waals surface area contributed by atoms with Crippen molar-refractivity contribution in [2.75, 3.05) is 18.9 Å². The Morgan fingerprint density at radius 2 is 1.77 bits per heavy atom. The van der Waals surface area contributed by atoms with Crippen LogP contribution in [0.25, 0.3) is 0 Å². The second kappa shape index (κ2) is 7.68. The van der Waals surface area contributed by atoms with Crippen LogP contribution in [0.2, 0.25) is 0 Å². The van der Waals surface area contributed by atoms with Crippen molar-refractivity contribution in [3.8, 4) is 0 Å². The van der Waals surface area contributed by atoms with Crippen LogP contribution in [-0.4, -0.2) is 24.9 Å². The molecule has 3 N–H and O–H groups in total. The first-order valence-electron chi connectivity index (χ1n) is 7.27. The summed E-state index contributed by atoms with van der Waals surface area (Å²) in [6, 6.07) is 13.7. The number of nitrogens with one attached hydrogen (secondary N) is 2. The number of aliphatic hydroxyl groups is 1. The Morgan fingerprint density at radius 1 is 1.05 bits per heavy atom. The minimum Gasteiger partial charge on any atom is -0.381 e. The van der Waals surface area contributed by atoms with Crippen LogP contribution in [0.3, 0.4) is 0 Å². The van der Waals surface area contributed by atoms with Crippen LogP contribution in [0.1, 0.15) is 11.1 Å². The molecule has 0 aromatic heterocycles. The lowest BCUT2D eigenvalue weighted by atomic mass is 10.1. The zero-order valence-electron chi connectivity index (χ0n) is 13.2. The average molecular weight is 298 g/mol. The Morgan fingerprint density at radius 3 is 2.45 bits per heavy atom. The van der Waals surface area contributed by atoms with Crippen LogP contribution < -0.4 is 10.6 Å². The lowest BCUT2D eigenvalue weighted by Gasteiger charge is -2.15. The predicted octanol–water partition coefficient (Wildman–Crippen LogP) is 3.67. The number of hydrogen-bond acceptors (Lipinski definition) is 5. The first kappa shape index (κ1) is 16.1. The molecule has 2 rings (SSSR count). The monoisotopic (exact) mass is 298 g/mol. The highest BCUT2D eigenvalue weighted by atomic mass is 16.3. The van der Waals surface area contributed by atoms with E-state index in [0.717, 1.165) is 28.2 Å². The quantitative estimate of drug-likeness (QED) is 0.563. The molecule has 1 atom stereocenters. The Kier molecular flexibility index (Phi) is 5.63. The number of aryl methyl sites for hydroxylation is 2. The van der Waals surface area contributed by atoms with Crippen molar-refractivity contribution in [3.63, 3.8) is 0 Å². The molecule has 1 unspecified atom stereocenters. The van der Waals surface area contributed by atoms with E-state index in [2.05, 4.69) is 20.9 Å². The number of anilines is 1. The SMILES string of the molecule is CNC(O)CNc1cc(C)c(N=Nc2ccccc2)cc1C. The van der Waals surface area contributed by atoms with Crippen molar-refractivity contribution in [1.29, 1.82) is 0 Å². The van der Waals surface area contributed by atoms with E-state index in [-0.39, 0.29) is 0 Å². The highest BCUT2D eigenvalue weighted by Crippen LogP contribution is 2.28. The van der Waals surface area contributed by atoms with Gasteiger partial charge < -0.3 is 10.4 Å². The third-order valence-corrected chi connectivity index (χ3v) is 3.39. The molecule has 2 aromatic carbocycles. The Hall–Kier alpha value is -2.24. The highest BCUT2D eigenvalue weighted by Gasteiger charge is 2.06. The van der Waals surface area contributed by atoms with E-state index in [1.165, 1.54) is 0 Å². The summed E-state index contributed by atoms with van der Waals surface area (Å²) < 4.78 is 0. The van der Waals surface area contributed by atoms with Crippen molar-refractivity contribution in [1.82, 2.24) is 5.32 Å². The fourth-order valence-corrected chi connectivity index (χ4v) is 2.01. The zero-order valence-corrected chi connectivity index (χ0v) is 13.2. The molecule has 0 saturated heterocycles. The summed E-state index contributed by atoms with van der Waals surface area (Å²) >= 11 is 0. The fraction of sp³-hybridized carbons (Fsp3) is 0.294. The van der Waals surface area contributed by atoms with Gasteiger partial charge in [-0.25, -0.2) is 0 Å². The van der Waals surface area contributed by atoms with Gasteiger partial charge in [0.05, 0.1) is 17.9 Å². The van der Waals surface area contributed by atoms with Gasteiger partial charge in [-0.05, 0) is 56.3 Å². The fourth-order valence-electron chi connectivity index (χ4n) is 2.01. The van der Waals surface area contributed by atoms with Crippen molar-refractivity contribution >= 4 is 17.1 Å². The molecule has 22 heavy (non-hydrogen) atoms. The van der Waals surface area contributed by atoms with E-state index >= 15 is 0 Å². The summed E-state index contributed by atoms with van der Waals surface area (Å²) in [5.74, 6) is 0. The number of azo groups is 1. The normalized spacial score (nSPS) is 12.5. The molecule has 0 aliphatic carbocycles. The maximum Gasteiger partial charge on any atom is 0.122 e. The third kappa shape index (κ3) is 4.38. The van der Waals surface area contributed by atoms with Crippen LogP contribution in [0.5, 0.6) is 0 Å². The highest BCUT2D eigenvalue weighted by molar-refractivity contribution is 5.61. The molecule has 0 amide bonds. The van der Waals surface area contributed by atoms with Crippen LogP contribution >= 0.6 is 0 Å². The molecule has 0 saturated carbocycles. The molecule has 2 aromatic rings. The van der Waals surface area contributed by atoms with Gasteiger partial charge in [-0.1, -0.05) is 18.2 Å². The Bertz CT molecular complexity index is 641. The average Bonchev–Trinajstić information content (AvgIpc) is 2.54. The van der Waals surface area contributed by atoms with Crippen LogP contribution in [0.15, 0.2) is 52.7 Å². The van der Waals surface area contributed by atoms with Gasteiger partial charge in [-0.15, -0.1) is 0 Å². The van der Waals surface area contributed by atoms with E-state index in [1.807, 2.05) is 56.3 Å². The largest absolute Gasteiger partial charge is 0.381 e. The number of nitrogens with zero attached hydrogens (tertiary/aromatic N) is 2. The van der Waals surface area contributed by atoms with Gasteiger partial charge in [-0.3, -0.25) is 5.32 Å². The number of aliphatic hydroxyl groups excluding tert-OH is 1. The molecule has 0 spiro atoms. The van der Waals surface area contributed by atoms with Crippen molar-refractivity contribution in [3.05, 3.63) is 53.6 Å². The zero-order chi connectivity index (χ0) is 15.9. The minimum atomic E-state index is -0.572. The van der Waals surface area contributed by atoms with Crippen molar-refractivity contribution < 1.29 is 5.11 Å². The molecule has 0 heterocycles. The van der Waals surface area contributed by atoms with E-state index in [1.54, 1.807) is 7.05 Å². The van der Waals surface area contributed by atoms with E-state index in [0.29, 0.717) is 6.54 Å². The van der Waals surface area contributed by atoms with Crippen LogP contribution in [0.4, 0.5) is 17.1 Å². The summed E-state index contributed by atoms with van der Waals surface area (Å²) in [6.45, 7) is 4.45. The molecular weight excluding hydrogens is 276 g/mol. The van der Waals surface area contributed by atoms with E-state index in [9.17, 15) is 5.11 Å². The first-order chi connectivity index (χ1) is 10.6. The third-order valence-electron chi connectivity index (χ3n) is 3.39. The van der Waals surface area contributed by atoms with Gasteiger partial charge in [0.15, 0.2) is 0 Å². The minimum absolute atomic E-state index is 0.446. The molecule has 0 aliphatic rings. The van der Waals surface area contributed by atoms with E-state index < -0.39 is 6.23 Å². The van der Waals surface area contributed by atoms with Gasteiger partial charge in [0.1, 0.15) is 6.23 Å². The summed E-state index contributed by atoms with van der Waals surface area (Å²) in [7, 11) is 1.72. The molecule has 0 bridgehead atoms. The lowest BCUT2D eigenvalue weighted by Crippen LogP contribution is -2.32. The maximum absolute atomic E-state index is 9.54. The molecule has 116 valence electrons. The number of hydrogen-bond donors (Lipinski definition) is 3. The molecular formula is C17H22N4O. The van der Waals surface area contributed by atoms with Gasteiger partial charge in [0, 0.05) is 5.69 Å². The molecule has 0 radical (unpaired) electrons. The Balaban J connectivity index is 2.14. The van der Waals surface area contributed by atoms with Crippen LogP contribution in [-0.2, 0) is 0 Å². The van der Waals surface area contributed by atoms with Gasteiger partial charge in [0.2, 0.25) is 0 Å². The standard InChI is InChI=1S/C17H22N4O/c1-12-10-16(21-20-14-7-5-4-6-8-14)13(2)9-15(12)19-11-17(22)18-3/h4-10,17-19,22H,11H2,1-3H3. The number of rotatable bonds is 6. The van der Waals surface area contributed by atoms with Gasteiger partial charge >= 0.3 is 0 Å². The topological polar surface area (TPSA) is 69.0 Å². The number of likely N-dealkylation sites (N-methyl/N-ethyl adjacent to an activating group) is 1. The molecule has 5 nitrogen and oxygen atoms in total. The van der Waals surface area contributed by atoms with E-state index in [4.69, 9.17) is 0 Å². The van der Waals surface area contributed by atoms with Gasteiger partial charge in [-0.2, -0.15) is 10.2 Å². The predicted molar refractivity (Wildman–Crippen MR) is 90.1 cm³/mol. The Labute approximate surface area is 131 Å². The lowest BCUT2D eigenvalue weighted by molar-refractivity contribution is 0.160. The van der Waals surface area contributed by atoms with Crippen LogP contribution in [0, 0.1) is 13.8 Å². The number of benzene rings is 2. The second-order valence-electron chi connectivity index (χ2n) is 5.17.